The largest absolute Gasteiger partial charge is 0.489 e. The second-order valence-electron chi connectivity index (χ2n) is 4.65. The van der Waals surface area contributed by atoms with Crippen LogP contribution in [0.15, 0.2) is 48.5 Å². The molecule has 0 saturated carbocycles. The van der Waals surface area contributed by atoms with Crippen molar-refractivity contribution in [3.05, 3.63) is 54.3 Å². The zero-order chi connectivity index (χ0) is 15.9. The third kappa shape index (κ3) is 4.97. The molecule has 2 rings (SSSR count). The zero-order valence-corrected chi connectivity index (χ0v) is 12.0. The molecule has 5 nitrogen and oxygen atoms in total. The number of rotatable bonds is 6. The van der Waals surface area contributed by atoms with Gasteiger partial charge in [0.2, 0.25) is 0 Å². The molecule has 0 radical (unpaired) electrons. The van der Waals surface area contributed by atoms with Crippen molar-refractivity contribution >= 4 is 6.09 Å². The first-order valence-electron chi connectivity index (χ1n) is 6.70. The molecule has 0 bridgehead atoms. The Balaban J connectivity index is 1.91. The van der Waals surface area contributed by atoms with Crippen molar-refractivity contribution in [2.45, 2.75) is 13.0 Å². The minimum Gasteiger partial charge on any atom is -0.489 e. The molecule has 1 unspecified atom stereocenters. The van der Waals surface area contributed by atoms with Crippen molar-refractivity contribution in [2.75, 3.05) is 6.54 Å². The molecule has 22 heavy (non-hydrogen) atoms. The van der Waals surface area contributed by atoms with E-state index in [-0.39, 0.29) is 18.5 Å². The Morgan fingerprint density at radius 2 is 1.86 bits per heavy atom. The highest BCUT2D eigenvalue weighted by Crippen LogP contribution is 2.24. The van der Waals surface area contributed by atoms with Crippen LogP contribution in [0.2, 0.25) is 0 Å². The van der Waals surface area contributed by atoms with Gasteiger partial charge in [-0.05, 0) is 43.3 Å². The topological polar surface area (TPSA) is 67.8 Å². The number of amides is 1. The summed E-state index contributed by atoms with van der Waals surface area (Å²) in [5, 5.41) is 10.8. The van der Waals surface area contributed by atoms with Crippen LogP contribution in [0.25, 0.3) is 0 Å². The van der Waals surface area contributed by atoms with E-state index in [1.54, 1.807) is 43.3 Å². The summed E-state index contributed by atoms with van der Waals surface area (Å²) in [5.41, 5.74) is 0. The van der Waals surface area contributed by atoms with Crippen molar-refractivity contribution in [1.82, 2.24) is 5.32 Å². The fourth-order valence-electron chi connectivity index (χ4n) is 1.76. The van der Waals surface area contributed by atoms with E-state index < -0.39 is 6.09 Å². The summed E-state index contributed by atoms with van der Waals surface area (Å²) in [7, 11) is 0. The van der Waals surface area contributed by atoms with Gasteiger partial charge in [-0.25, -0.2) is 9.18 Å². The first kappa shape index (κ1) is 15.6. The van der Waals surface area contributed by atoms with E-state index in [4.69, 9.17) is 14.6 Å². The van der Waals surface area contributed by atoms with Gasteiger partial charge in [0.25, 0.3) is 0 Å². The van der Waals surface area contributed by atoms with E-state index in [0.717, 1.165) is 0 Å². The molecule has 0 saturated heterocycles. The van der Waals surface area contributed by atoms with Gasteiger partial charge in [0.05, 0.1) is 6.54 Å². The van der Waals surface area contributed by atoms with E-state index in [1.807, 2.05) is 0 Å². The number of ether oxygens (including phenoxy) is 2. The first-order valence-corrected chi connectivity index (χ1v) is 6.70. The lowest BCUT2D eigenvalue weighted by molar-refractivity contribution is 0.178. The molecule has 0 aromatic heterocycles. The molecule has 1 atom stereocenters. The predicted molar refractivity (Wildman–Crippen MR) is 79.0 cm³/mol. The Morgan fingerprint density at radius 3 is 2.50 bits per heavy atom. The fourth-order valence-corrected chi connectivity index (χ4v) is 1.76. The van der Waals surface area contributed by atoms with Crippen molar-refractivity contribution in [3.8, 4) is 17.2 Å². The quantitative estimate of drug-likeness (QED) is 0.854. The molecule has 1 amide bonds. The average molecular weight is 305 g/mol. The maximum Gasteiger partial charge on any atom is 0.404 e. The number of hydrogen-bond acceptors (Lipinski definition) is 3. The molecule has 0 heterocycles. The zero-order valence-electron chi connectivity index (χ0n) is 12.0. The summed E-state index contributed by atoms with van der Waals surface area (Å²) in [6.45, 7) is 1.95. The molecule has 0 fully saturated rings. The molecule has 0 aliphatic rings. The summed E-state index contributed by atoms with van der Waals surface area (Å²) in [6, 6.07) is 12.7. The number of halogens is 1. The van der Waals surface area contributed by atoms with Gasteiger partial charge in [-0.15, -0.1) is 0 Å². The van der Waals surface area contributed by atoms with E-state index in [0.29, 0.717) is 17.2 Å². The average Bonchev–Trinajstić information content (AvgIpc) is 2.47. The third-order valence-electron chi connectivity index (χ3n) is 2.73. The lowest BCUT2D eigenvalue weighted by atomic mass is 10.3. The van der Waals surface area contributed by atoms with Crippen LogP contribution >= 0.6 is 0 Å². The second kappa shape index (κ2) is 7.31. The van der Waals surface area contributed by atoms with Gasteiger partial charge in [0.1, 0.15) is 29.2 Å². The van der Waals surface area contributed by atoms with E-state index in [2.05, 4.69) is 5.32 Å². The smallest absolute Gasteiger partial charge is 0.404 e. The fraction of sp³-hybridized carbons (Fsp3) is 0.188. The molecule has 6 heteroatoms. The summed E-state index contributed by atoms with van der Waals surface area (Å²) in [6.07, 6.45) is -1.39. The van der Waals surface area contributed by atoms with Crippen LogP contribution in [0.3, 0.4) is 0 Å². The van der Waals surface area contributed by atoms with Crippen molar-refractivity contribution in [3.63, 3.8) is 0 Å². The number of nitrogens with one attached hydrogen (secondary N) is 1. The highest BCUT2D eigenvalue weighted by molar-refractivity contribution is 5.64. The van der Waals surface area contributed by atoms with Gasteiger partial charge >= 0.3 is 6.09 Å². The second-order valence-corrected chi connectivity index (χ2v) is 4.65. The lowest BCUT2D eigenvalue weighted by Gasteiger charge is -2.14. The van der Waals surface area contributed by atoms with Gasteiger partial charge < -0.3 is 19.9 Å². The SMILES string of the molecule is CC(CNC(=O)O)Oc1ccc(Oc2cccc(F)c2)cc1. The third-order valence-corrected chi connectivity index (χ3v) is 2.73. The monoisotopic (exact) mass is 305 g/mol. The first-order chi connectivity index (χ1) is 10.5. The predicted octanol–water partition coefficient (Wildman–Crippen LogP) is 3.65. The Kier molecular flexibility index (Phi) is 5.19. The Morgan fingerprint density at radius 1 is 1.18 bits per heavy atom. The van der Waals surface area contributed by atoms with Crippen LogP contribution in [-0.2, 0) is 0 Å². The highest BCUT2D eigenvalue weighted by atomic mass is 19.1. The van der Waals surface area contributed by atoms with Crippen molar-refractivity contribution in [2.24, 2.45) is 0 Å². The molecule has 116 valence electrons. The molecule has 0 aliphatic heterocycles. The van der Waals surface area contributed by atoms with Crippen LogP contribution < -0.4 is 14.8 Å². The van der Waals surface area contributed by atoms with Crippen LogP contribution in [0.4, 0.5) is 9.18 Å². The molecule has 2 aromatic rings. The van der Waals surface area contributed by atoms with E-state index in [9.17, 15) is 9.18 Å². The van der Waals surface area contributed by atoms with Crippen LogP contribution in [-0.4, -0.2) is 23.8 Å². The van der Waals surface area contributed by atoms with Gasteiger partial charge in [-0.2, -0.15) is 0 Å². The molecule has 2 aromatic carbocycles. The van der Waals surface area contributed by atoms with Gasteiger partial charge in [0.15, 0.2) is 0 Å². The summed E-state index contributed by atoms with van der Waals surface area (Å²) in [4.78, 5) is 10.4. The number of hydrogen-bond donors (Lipinski definition) is 2. The van der Waals surface area contributed by atoms with Gasteiger partial charge in [0, 0.05) is 6.07 Å². The van der Waals surface area contributed by atoms with Gasteiger partial charge in [-0.1, -0.05) is 6.07 Å². The minimum atomic E-state index is -1.09. The number of carbonyl (C=O) groups is 1. The minimum absolute atomic E-state index is 0.191. The standard InChI is InChI=1S/C16H16FNO4/c1-11(10-18-16(19)20)21-13-5-7-14(8-6-13)22-15-4-2-3-12(17)9-15/h2-9,11,18H,10H2,1H3,(H,19,20). The van der Waals surface area contributed by atoms with Crippen LogP contribution in [0.1, 0.15) is 6.92 Å². The van der Waals surface area contributed by atoms with E-state index >= 15 is 0 Å². The maximum atomic E-state index is 13.1. The number of carboxylic acid groups (broad SMARTS) is 1. The summed E-state index contributed by atoms with van der Waals surface area (Å²) < 4.78 is 24.1. The van der Waals surface area contributed by atoms with Crippen LogP contribution in [0.5, 0.6) is 17.2 Å². The molecule has 0 spiro atoms. The van der Waals surface area contributed by atoms with E-state index in [1.165, 1.54) is 12.1 Å². The lowest BCUT2D eigenvalue weighted by Crippen LogP contribution is -2.32. The maximum absolute atomic E-state index is 13.1. The normalized spacial score (nSPS) is 11.5. The Bertz CT molecular complexity index is 630. The molecule has 0 aliphatic carbocycles. The van der Waals surface area contributed by atoms with Crippen molar-refractivity contribution < 1.29 is 23.8 Å². The molecular weight excluding hydrogens is 289 g/mol. The van der Waals surface area contributed by atoms with Gasteiger partial charge in [-0.3, -0.25) is 0 Å². The highest BCUT2D eigenvalue weighted by Gasteiger charge is 2.06. The van der Waals surface area contributed by atoms with Crippen LogP contribution in [0, 0.1) is 5.82 Å². The summed E-state index contributed by atoms with van der Waals surface area (Å²) >= 11 is 0. The van der Waals surface area contributed by atoms with Crippen molar-refractivity contribution in [1.29, 1.82) is 0 Å². The Labute approximate surface area is 127 Å². The number of benzene rings is 2. The molecule has 2 N–H and O–H groups in total. The summed E-state index contributed by atoms with van der Waals surface area (Å²) in [5.74, 6) is 1.19. The molecular formula is C16H16FNO4. The Hall–Kier alpha value is -2.76.